The molecule has 1 aliphatic heterocycles. The van der Waals surface area contributed by atoms with Crippen molar-refractivity contribution in [1.82, 2.24) is 9.88 Å². The van der Waals surface area contributed by atoms with Gasteiger partial charge < -0.3 is 14.5 Å². The van der Waals surface area contributed by atoms with Gasteiger partial charge in [0, 0.05) is 31.6 Å². The van der Waals surface area contributed by atoms with Crippen LogP contribution < -0.4 is 4.90 Å². The normalized spacial score (nSPS) is 17.0. The average molecular weight is 362 g/mol. The minimum absolute atomic E-state index is 0.223. The molecule has 0 atom stereocenters. The van der Waals surface area contributed by atoms with Crippen LogP contribution in [0.3, 0.4) is 0 Å². The number of anilines is 1. The van der Waals surface area contributed by atoms with Gasteiger partial charge in [-0.2, -0.15) is 0 Å². The highest BCUT2D eigenvalue weighted by molar-refractivity contribution is 9.10. The van der Waals surface area contributed by atoms with Crippen LogP contribution in [0.1, 0.15) is 27.2 Å². The molecule has 112 valence electrons. The Hall–Kier alpha value is -0.820. The van der Waals surface area contributed by atoms with Gasteiger partial charge in [-0.05, 0) is 43.1 Å². The number of carbonyl (C=O) groups is 1. The molecule has 1 saturated heterocycles. The number of hydrogen-bond acceptors (Lipinski definition) is 5. The van der Waals surface area contributed by atoms with E-state index in [1.165, 1.54) is 0 Å². The SMILES string of the molecule is CC(C)(C)OC(=O)N1CCCN(c2nc(Br)cs2)CC1. The first-order valence-electron chi connectivity index (χ1n) is 6.69. The van der Waals surface area contributed by atoms with Gasteiger partial charge in [-0.1, -0.05) is 0 Å². The molecule has 0 aliphatic carbocycles. The third-order valence-corrected chi connectivity index (χ3v) is 4.49. The van der Waals surface area contributed by atoms with Crippen LogP contribution in [0.15, 0.2) is 9.98 Å². The number of ether oxygens (including phenoxy) is 1. The van der Waals surface area contributed by atoms with Gasteiger partial charge in [-0.15, -0.1) is 11.3 Å². The Labute approximate surface area is 132 Å². The summed E-state index contributed by atoms with van der Waals surface area (Å²) in [7, 11) is 0. The first kappa shape index (κ1) is 15.6. The Morgan fingerprint density at radius 1 is 1.35 bits per heavy atom. The molecular formula is C13H20BrN3O2S. The van der Waals surface area contributed by atoms with Crippen LogP contribution in [0.5, 0.6) is 0 Å². The lowest BCUT2D eigenvalue weighted by atomic mass is 10.2. The number of thiazole rings is 1. The highest BCUT2D eigenvalue weighted by Gasteiger charge is 2.25. The summed E-state index contributed by atoms with van der Waals surface area (Å²) >= 11 is 4.99. The zero-order chi connectivity index (χ0) is 14.8. The molecule has 0 radical (unpaired) electrons. The Morgan fingerprint density at radius 2 is 2.10 bits per heavy atom. The molecule has 0 aromatic carbocycles. The van der Waals surface area contributed by atoms with Crippen LogP contribution in [0, 0.1) is 0 Å². The summed E-state index contributed by atoms with van der Waals surface area (Å²) in [6.07, 6.45) is 0.704. The maximum atomic E-state index is 12.1. The highest BCUT2D eigenvalue weighted by Crippen LogP contribution is 2.24. The summed E-state index contributed by atoms with van der Waals surface area (Å²) in [6.45, 7) is 8.79. The molecule has 20 heavy (non-hydrogen) atoms. The molecule has 5 nitrogen and oxygen atoms in total. The lowest BCUT2D eigenvalue weighted by molar-refractivity contribution is 0.0263. The minimum Gasteiger partial charge on any atom is -0.444 e. The van der Waals surface area contributed by atoms with Crippen molar-refractivity contribution >= 4 is 38.5 Å². The molecule has 1 aromatic heterocycles. The van der Waals surface area contributed by atoms with E-state index in [1.54, 1.807) is 16.2 Å². The zero-order valence-corrected chi connectivity index (χ0v) is 14.5. The number of halogens is 1. The van der Waals surface area contributed by atoms with Gasteiger partial charge >= 0.3 is 6.09 Å². The van der Waals surface area contributed by atoms with Crippen molar-refractivity contribution in [3.05, 3.63) is 9.98 Å². The van der Waals surface area contributed by atoms with Crippen molar-refractivity contribution in [2.75, 3.05) is 31.1 Å². The van der Waals surface area contributed by atoms with Gasteiger partial charge in [0.15, 0.2) is 5.13 Å². The third kappa shape index (κ3) is 4.34. The monoisotopic (exact) mass is 361 g/mol. The minimum atomic E-state index is -0.441. The van der Waals surface area contributed by atoms with E-state index in [2.05, 4.69) is 25.8 Å². The van der Waals surface area contributed by atoms with Crippen LogP contribution in [-0.2, 0) is 4.74 Å². The Balaban J connectivity index is 1.94. The van der Waals surface area contributed by atoms with Crippen molar-refractivity contribution in [1.29, 1.82) is 0 Å². The average Bonchev–Trinajstić information content (AvgIpc) is 2.62. The standard InChI is InChI=1S/C13H20BrN3O2S/c1-13(2,3)19-12(18)17-6-4-5-16(7-8-17)11-15-10(14)9-20-11/h9H,4-8H2,1-3H3. The molecule has 1 aromatic rings. The first-order chi connectivity index (χ1) is 9.35. The fourth-order valence-electron chi connectivity index (χ4n) is 2.01. The van der Waals surface area contributed by atoms with Crippen LogP contribution in [0.2, 0.25) is 0 Å². The largest absolute Gasteiger partial charge is 0.444 e. The van der Waals surface area contributed by atoms with Gasteiger partial charge in [0.2, 0.25) is 0 Å². The molecule has 0 unspecified atom stereocenters. The lowest BCUT2D eigenvalue weighted by Crippen LogP contribution is -2.39. The van der Waals surface area contributed by atoms with Crippen molar-refractivity contribution in [2.45, 2.75) is 32.8 Å². The number of aromatic nitrogens is 1. The summed E-state index contributed by atoms with van der Waals surface area (Å²) in [5.74, 6) is 0. The topological polar surface area (TPSA) is 45.7 Å². The van der Waals surface area contributed by atoms with Crippen molar-refractivity contribution in [2.24, 2.45) is 0 Å². The van der Waals surface area contributed by atoms with E-state index >= 15 is 0 Å². The van der Waals surface area contributed by atoms with Crippen LogP contribution >= 0.6 is 27.3 Å². The second kappa shape index (κ2) is 6.30. The van der Waals surface area contributed by atoms with Crippen molar-refractivity contribution < 1.29 is 9.53 Å². The molecule has 1 fully saturated rings. The summed E-state index contributed by atoms with van der Waals surface area (Å²) in [6, 6.07) is 0. The van der Waals surface area contributed by atoms with Gasteiger partial charge in [-0.3, -0.25) is 0 Å². The molecule has 7 heteroatoms. The molecule has 2 heterocycles. The molecule has 1 amide bonds. The number of hydrogen-bond donors (Lipinski definition) is 0. The number of nitrogens with zero attached hydrogens (tertiary/aromatic N) is 3. The second-order valence-electron chi connectivity index (χ2n) is 5.76. The Bertz CT molecular complexity index is 472. The summed E-state index contributed by atoms with van der Waals surface area (Å²) < 4.78 is 6.29. The van der Waals surface area contributed by atoms with E-state index in [4.69, 9.17) is 4.74 Å². The smallest absolute Gasteiger partial charge is 0.410 e. The fraction of sp³-hybridized carbons (Fsp3) is 0.692. The van der Waals surface area contributed by atoms with Gasteiger partial charge in [0.1, 0.15) is 10.2 Å². The predicted molar refractivity (Wildman–Crippen MR) is 84.5 cm³/mol. The third-order valence-electron chi connectivity index (χ3n) is 2.88. The van der Waals surface area contributed by atoms with Gasteiger partial charge in [0.05, 0.1) is 0 Å². The maximum absolute atomic E-state index is 12.1. The molecule has 2 rings (SSSR count). The number of carbonyl (C=O) groups excluding carboxylic acids is 1. The lowest BCUT2D eigenvalue weighted by Gasteiger charge is -2.26. The number of amides is 1. The Kier molecular flexibility index (Phi) is 4.90. The second-order valence-corrected chi connectivity index (χ2v) is 7.41. The molecule has 0 saturated carbocycles. The maximum Gasteiger partial charge on any atom is 0.410 e. The highest BCUT2D eigenvalue weighted by atomic mass is 79.9. The van der Waals surface area contributed by atoms with Gasteiger partial charge in [-0.25, -0.2) is 9.78 Å². The quantitative estimate of drug-likeness (QED) is 0.769. The van der Waals surface area contributed by atoms with Crippen LogP contribution in [-0.4, -0.2) is 47.8 Å². The molecule has 0 N–H and O–H groups in total. The summed E-state index contributed by atoms with van der Waals surface area (Å²) in [4.78, 5) is 20.5. The van der Waals surface area contributed by atoms with E-state index < -0.39 is 5.60 Å². The van der Waals surface area contributed by atoms with E-state index in [-0.39, 0.29) is 6.09 Å². The molecular weight excluding hydrogens is 342 g/mol. The Morgan fingerprint density at radius 3 is 2.70 bits per heavy atom. The van der Waals surface area contributed by atoms with Crippen molar-refractivity contribution in [3.63, 3.8) is 0 Å². The molecule has 0 bridgehead atoms. The van der Waals surface area contributed by atoms with E-state index in [9.17, 15) is 4.79 Å². The predicted octanol–water partition coefficient (Wildman–Crippen LogP) is 3.35. The van der Waals surface area contributed by atoms with Gasteiger partial charge in [0.25, 0.3) is 0 Å². The first-order valence-corrected chi connectivity index (χ1v) is 8.36. The van der Waals surface area contributed by atoms with Crippen LogP contribution in [0.25, 0.3) is 0 Å². The summed E-state index contributed by atoms with van der Waals surface area (Å²) in [5, 5.41) is 2.98. The fourth-order valence-corrected chi connectivity index (χ4v) is 3.31. The number of rotatable bonds is 1. The summed E-state index contributed by atoms with van der Waals surface area (Å²) in [5.41, 5.74) is -0.441. The van der Waals surface area contributed by atoms with E-state index in [0.717, 1.165) is 35.8 Å². The molecule has 1 aliphatic rings. The van der Waals surface area contributed by atoms with Crippen molar-refractivity contribution in [3.8, 4) is 0 Å². The van der Waals surface area contributed by atoms with E-state index in [1.807, 2.05) is 26.2 Å². The van der Waals surface area contributed by atoms with Crippen LogP contribution in [0.4, 0.5) is 9.93 Å². The molecule has 0 spiro atoms. The zero-order valence-electron chi connectivity index (χ0n) is 12.1. The van der Waals surface area contributed by atoms with E-state index in [0.29, 0.717) is 6.54 Å².